The van der Waals surface area contributed by atoms with Crippen molar-refractivity contribution in [2.75, 3.05) is 12.4 Å². The summed E-state index contributed by atoms with van der Waals surface area (Å²) in [4.78, 5) is 4.38. The van der Waals surface area contributed by atoms with Gasteiger partial charge >= 0.3 is 0 Å². The second kappa shape index (κ2) is 6.61. The molecule has 1 N–H and O–H groups in total. The molecule has 1 aromatic heterocycles. The first-order chi connectivity index (χ1) is 9.24. The van der Waals surface area contributed by atoms with Gasteiger partial charge in [-0.2, -0.15) is 0 Å². The van der Waals surface area contributed by atoms with E-state index in [4.69, 9.17) is 4.74 Å². The Hall–Kier alpha value is -1.49. The second-order valence-electron chi connectivity index (χ2n) is 4.24. The fourth-order valence-electron chi connectivity index (χ4n) is 1.89. The van der Waals surface area contributed by atoms with Crippen LogP contribution in [-0.4, -0.2) is 16.7 Å². The van der Waals surface area contributed by atoms with Crippen molar-refractivity contribution in [1.82, 2.24) is 9.55 Å². The first-order valence-electron chi connectivity index (χ1n) is 6.32. The fourth-order valence-corrected chi connectivity index (χ4v) is 2.28. The zero-order valence-corrected chi connectivity index (χ0v) is 12.8. The molecule has 0 aliphatic carbocycles. The van der Waals surface area contributed by atoms with Crippen LogP contribution in [0.4, 0.5) is 5.69 Å². The Morgan fingerprint density at radius 1 is 1.42 bits per heavy atom. The summed E-state index contributed by atoms with van der Waals surface area (Å²) >= 11 is 3.53. The maximum Gasteiger partial charge on any atom is 0.128 e. The van der Waals surface area contributed by atoms with Crippen molar-refractivity contribution in [2.24, 2.45) is 0 Å². The van der Waals surface area contributed by atoms with Crippen molar-refractivity contribution in [3.05, 3.63) is 40.9 Å². The molecule has 0 aliphatic heterocycles. The van der Waals surface area contributed by atoms with Crippen molar-refractivity contribution in [2.45, 2.75) is 26.4 Å². The van der Waals surface area contributed by atoms with E-state index in [1.54, 1.807) is 7.11 Å². The normalized spacial score (nSPS) is 10.5. The molecule has 0 bridgehead atoms. The van der Waals surface area contributed by atoms with Crippen molar-refractivity contribution in [3.8, 4) is 5.75 Å². The number of imidazole rings is 1. The average molecular weight is 324 g/mol. The third-order valence-corrected chi connectivity index (χ3v) is 3.57. The van der Waals surface area contributed by atoms with E-state index in [2.05, 4.69) is 37.7 Å². The lowest BCUT2D eigenvalue weighted by Crippen LogP contribution is -2.08. The van der Waals surface area contributed by atoms with Crippen LogP contribution < -0.4 is 10.1 Å². The molecule has 2 aromatic rings. The first kappa shape index (κ1) is 13.9. The average Bonchev–Trinajstić information content (AvgIpc) is 2.86. The van der Waals surface area contributed by atoms with Gasteiger partial charge in [-0.05, 0) is 34.5 Å². The highest BCUT2D eigenvalue weighted by atomic mass is 79.9. The summed E-state index contributed by atoms with van der Waals surface area (Å²) < 4.78 is 8.41. The largest absolute Gasteiger partial charge is 0.497 e. The van der Waals surface area contributed by atoms with Gasteiger partial charge < -0.3 is 14.6 Å². The molecule has 0 amide bonds. The summed E-state index contributed by atoms with van der Waals surface area (Å²) in [6.45, 7) is 3.85. The molecular formula is C14H18BrN3O. The van der Waals surface area contributed by atoms with E-state index < -0.39 is 0 Å². The van der Waals surface area contributed by atoms with Crippen LogP contribution in [0, 0.1) is 0 Å². The van der Waals surface area contributed by atoms with Gasteiger partial charge in [-0.3, -0.25) is 0 Å². The fraction of sp³-hybridized carbons (Fsp3) is 0.357. The van der Waals surface area contributed by atoms with Crippen LogP contribution in [0.15, 0.2) is 35.1 Å². The number of hydrogen-bond acceptors (Lipinski definition) is 3. The number of anilines is 1. The van der Waals surface area contributed by atoms with Crippen molar-refractivity contribution in [1.29, 1.82) is 0 Å². The zero-order valence-electron chi connectivity index (χ0n) is 11.2. The third kappa shape index (κ3) is 3.50. The van der Waals surface area contributed by atoms with Gasteiger partial charge in [-0.25, -0.2) is 4.98 Å². The summed E-state index contributed by atoms with van der Waals surface area (Å²) in [5.41, 5.74) is 1.00. The highest BCUT2D eigenvalue weighted by molar-refractivity contribution is 9.10. The van der Waals surface area contributed by atoms with E-state index >= 15 is 0 Å². The Morgan fingerprint density at radius 2 is 2.26 bits per heavy atom. The maximum atomic E-state index is 5.23. The number of aromatic nitrogens is 2. The van der Waals surface area contributed by atoms with Gasteiger partial charge in [0.15, 0.2) is 0 Å². The topological polar surface area (TPSA) is 39.1 Å². The maximum absolute atomic E-state index is 5.23. The van der Waals surface area contributed by atoms with Gasteiger partial charge in [0.1, 0.15) is 11.6 Å². The molecule has 0 fully saturated rings. The molecular weight excluding hydrogens is 306 g/mol. The molecule has 0 aliphatic rings. The Balaban J connectivity index is 2.07. The van der Waals surface area contributed by atoms with Crippen LogP contribution in [0.1, 0.15) is 19.2 Å². The highest BCUT2D eigenvalue weighted by Gasteiger charge is 2.05. The van der Waals surface area contributed by atoms with Crippen LogP contribution in [0.2, 0.25) is 0 Å². The molecule has 0 saturated carbocycles. The Bertz CT molecular complexity index is 539. The Kier molecular flexibility index (Phi) is 4.85. The van der Waals surface area contributed by atoms with Crippen molar-refractivity contribution >= 4 is 21.6 Å². The predicted octanol–water partition coefficient (Wildman–Crippen LogP) is 3.68. The number of nitrogens with one attached hydrogen (secondary N) is 1. The number of ether oxygens (including phenoxy) is 1. The molecule has 0 radical (unpaired) electrons. The monoisotopic (exact) mass is 323 g/mol. The van der Waals surface area contributed by atoms with Crippen LogP contribution >= 0.6 is 15.9 Å². The molecule has 5 heteroatoms. The molecule has 102 valence electrons. The lowest BCUT2D eigenvalue weighted by Gasteiger charge is -2.11. The van der Waals surface area contributed by atoms with Gasteiger partial charge in [0.05, 0.1) is 19.3 Å². The summed E-state index contributed by atoms with van der Waals surface area (Å²) in [7, 11) is 1.67. The minimum atomic E-state index is 0.693. The van der Waals surface area contributed by atoms with E-state index in [1.165, 1.54) is 0 Å². The lowest BCUT2D eigenvalue weighted by molar-refractivity contribution is 0.415. The minimum absolute atomic E-state index is 0.693. The summed E-state index contributed by atoms with van der Waals surface area (Å²) in [5.74, 6) is 1.87. The molecule has 4 nitrogen and oxygen atoms in total. The molecule has 19 heavy (non-hydrogen) atoms. The summed E-state index contributed by atoms with van der Waals surface area (Å²) in [6, 6.07) is 5.87. The van der Waals surface area contributed by atoms with Crippen molar-refractivity contribution in [3.63, 3.8) is 0 Å². The number of methoxy groups -OCH3 is 1. The van der Waals surface area contributed by atoms with Crippen molar-refractivity contribution < 1.29 is 4.74 Å². The Labute approximate surface area is 121 Å². The summed E-state index contributed by atoms with van der Waals surface area (Å²) in [6.07, 6.45) is 4.96. The number of aryl methyl sites for hydroxylation is 1. The molecule has 2 rings (SSSR count). The SMILES string of the molecule is CCCn1ccnc1CNc1cc(OC)ccc1Br. The summed E-state index contributed by atoms with van der Waals surface area (Å²) in [5, 5.41) is 3.38. The van der Waals surface area contributed by atoms with Crippen LogP contribution in [0.25, 0.3) is 0 Å². The number of benzene rings is 1. The lowest BCUT2D eigenvalue weighted by atomic mass is 10.3. The molecule has 1 heterocycles. The van der Waals surface area contributed by atoms with E-state index in [1.807, 2.05) is 30.6 Å². The minimum Gasteiger partial charge on any atom is -0.497 e. The van der Waals surface area contributed by atoms with Crippen LogP contribution in [-0.2, 0) is 13.1 Å². The van der Waals surface area contributed by atoms with Gasteiger partial charge in [-0.15, -0.1) is 0 Å². The molecule has 0 unspecified atom stereocenters. The van der Waals surface area contributed by atoms with E-state index in [0.717, 1.165) is 34.7 Å². The molecule has 0 atom stereocenters. The van der Waals surface area contributed by atoms with E-state index in [-0.39, 0.29) is 0 Å². The number of halogens is 1. The van der Waals surface area contributed by atoms with E-state index in [0.29, 0.717) is 6.54 Å². The van der Waals surface area contributed by atoms with Gasteiger partial charge in [0.2, 0.25) is 0 Å². The molecule has 1 aromatic carbocycles. The number of nitrogens with zero attached hydrogens (tertiary/aromatic N) is 2. The quantitative estimate of drug-likeness (QED) is 0.881. The van der Waals surface area contributed by atoms with Gasteiger partial charge in [-0.1, -0.05) is 6.92 Å². The van der Waals surface area contributed by atoms with E-state index in [9.17, 15) is 0 Å². The number of rotatable bonds is 6. The number of hydrogen-bond donors (Lipinski definition) is 1. The third-order valence-electron chi connectivity index (χ3n) is 2.88. The standard InChI is InChI=1S/C14H18BrN3O/c1-3-7-18-8-6-16-14(18)10-17-13-9-11(19-2)4-5-12(13)15/h4-6,8-9,17H,3,7,10H2,1-2H3. The van der Waals surface area contributed by atoms with Gasteiger partial charge in [0.25, 0.3) is 0 Å². The molecule has 0 spiro atoms. The highest BCUT2D eigenvalue weighted by Crippen LogP contribution is 2.27. The second-order valence-corrected chi connectivity index (χ2v) is 5.09. The van der Waals surface area contributed by atoms with Crippen LogP contribution in [0.3, 0.4) is 0 Å². The predicted molar refractivity (Wildman–Crippen MR) is 80.5 cm³/mol. The first-order valence-corrected chi connectivity index (χ1v) is 7.11. The molecule has 0 saturated heterocycles. The van der Waals surface area contributed by atoms with Gasteiger partial charge in [0, 0.05) is 29.5 Å². The Morgan fingerprint density at radius 3 is 3.00 bits per heavy atom. The van der Waals surface area contributed by atoms with Crippen LogP contribution in [0.5, 0.6) is 5.75 Å². The zero-order chi connectivity index (χ0) is 13.7. The smallest absolute Gasteiger partial charge is 0.128 e.